The lowest BCUT2D eigenvalue weighted by molar-refractivity contribution is -0.139. The molecule has 0 radical (unpaired) electrons. The van der Waals surface area contributed by atoms with Gasteiger partial charge in [0.15, 0.2) is 0 Å². The number of hydrogen-bond donors (Lipinski definition) is 1. The average molecular weight is 487 g/mol. The monoisotopic (exact) mass is 486 g/mol. The van der Waals surface area contributed by atoms with Gasteiger partial charge in [0.05, 0.1) is 5.75 Å². The van der Waals surface area contributed by atoms with Crippen LogP contribution < -0.4 is 5.32 Å². The van der Waals surface area contributed by atoms with Gasteiger partial charge in [-0.1, -0.05) is 79.7 Å². The molecular weight excluding hydrogens is 452 g/mol. The summed E-state index contributed by atoms with van der Waals surface area (Å²) in [6.07, 6.45) is 6.22. The van der Waals surface area contributed by atoms with Gasteiger partial charge in [-0.05, 0) is 49.4 Å². The van der Waals surface area contributed by atoms with Crippen LogP contribution in [0.15, 0.2) is 48.5 Å². The van der Waals surface area contributed by atoms with E-state index in [4.69, 9.17) is 11.6 Å². The minimum absolute atomic E-state index is 0.00539. The Hall–Kier alpha value is -1.98. The SMILES string of the molecule is CCC(C(=O)NC1CCCCC1)N(Cc1cccc(C)c1)C(=O)CSCc1cccc(Cl)c1. The Labute approximate surface area is 207 Å². The number of carbonyl (C=O) groups is 2. The quantitative estimate of drug-likeness (QED) is 0.439. The molecule has 4 nitrogen and oxygen atoms in total. The van der Waals surface area contributed by atoms with Crippen LogP contribution in [0.2, 0.25) is 5.02 Å². The number of hydrogen-bond acceptors (Lipinski definition) is 3. The van der Waals surface area contributed by atoms with E-state index in [1.807, 2.05) is 56.3 Å². The highest BCUT2D eigenvalue weighted by Gasteiger charge is 2.30. The third kappa shape index (κ3) is 8.08. The number of nitrogens with zero attached hydrogens (tertiary/aromatic N) is 1. The molecule has 0 saturated heterocycles. The summed E-state index contributed by atoms with van der Waals surface area (Å²) in [5.41, 5.74) is 3.29. The third-order valence-corrected chi connectivity index (χ3v) is 7.38. The lowest BCUT2D eigenvalue weighted by Gasteiger charge is -2.33. The van der Waals surface area contributed by atoms with Crippen molar-refractivity contribution in [3.05, 3.63) is 70.2 Å². The molecule has 3 rings (SSSR count). The van der Waals surface area contributed by atoms with E-state index in [1.165, 1.54) is 6.42 Å². The topological polar surface area (TPSA) is 49.4 Å². The summed E-state index contributed by atoms with van der Waals surface area (Å²) in [6.45, 7) is 4.47. The first-order valence-corrected chi connectivity index (χ1v) is 13.5. The maximum atomic E-state index is 13.4. The van der Waals surface area contributed by atoms with Crippen LogP contribution in [0.3, 0.4) is 0 Å². The van der Waals surface area contributed by atoms with Crippen molar-refractivity contribution in [3.8, 4) is 0 Å². The van der Waals surface area contributed by atoms with Gasteiger partial charge in [0, 0.05) is 23.4 Å². The van der Waals surface area contributed by atoms with Gasteiger partial charge in [-0.2, -0.15) is 0 Å². The standard InChI is InChI=1S/C27H35ClN2O2S/c1-3-25(27(32)29-24-13-5-4-6-14-24)30(17-21-10-7-9-20(2)15-21)26(31)19-33-18-22-11-8-12-23(28)16-22/h7-12,15-16,24-25H,3-6,13-14,17-19H2,1-2H3,(H,29,32). The average Bonchev–Trinajstić information content (AvgIpc) is 2.79. The Morgan fingerprint density at radius 2 is 1.82 bits per heavy atom. The normalized spacial score (nSPS) is 15.1. The molecule has 1 fully saturated rings. The first-order valence-electron chi connectivity index (χ1n) is 11.9. The molecule has 33 heavy (non-hydrogen) atoms. The first kappa shape index (κ1) is 25.6. The van der Waals surface area contributed by atoms with Crippen molar-refractivity contribution in [3.63, 3.8) is 0 Å². The smallest absolute Gasteiger partial charge is 0.243 e. The fraction of sp³-hybridized carbons (Fsp3) is 0.481. The van der Waals surface area contributed by atoms with E-state index in [9.17, 15) is 9.59 Å². The van der Waals surface area contributed by atoms with Crippen molar-refractivity contribution in [2.75, 3.05) is 5.75 Å². The third-order valence-electron chi connectivity index (χ3n) is 6.16. The van der Waals surface area contributed by atoms with E-state index in [0.29, 0.717) is 29.5 Å². The Balaban J connectivity index is 1.70. The highest BCUT2D eigenvalue weighted by molar-refractivity contribution is 7.99. The van der Waals surface area contributed by atoms with Crippen LogP contribution in [0.25, 0.3) is 0 Å². The van der Waals surface area contributed by atoms with Gasteiger partial charge >= 0.3 is 0 Å². The molecule has 178 valence electrons. The summed E-state index contributed by atoms with van der Waals surface area (Å²) >= 11 is 7.65. The Kier molecular flexibility index (Phi) is 10.1. The van der Waals surface area contributed by atoms with Crippen molar-refractivity contribution >= 4 is 35.2 Å². The molecule has 1 aliphatic rings. The molecule has 1 unspecified atom stereocenters. The van der Waals surface area contributed by atoms with Crippen molar-refractivity contribution < 1.29 is 9.59 Å². The minimum Gasteiger partial charge on any atom is -0.352 e. The largest absolute Gasteiger partial charge is 0.352 e. The van der Waals surface area contributed by atoms with Crippen molar-refractivity contribution in [1.82, 2.24) is 10.2 Å². The second-order valence-corrected chi connectivity index (χ2v) is 10.3. The highest BCUT2D eigenvalue weighted by Crippen LogP contribution is 2.21. The van der Waals surface area contributed by atoms with Crippen LogP contribution in [0.1, 0.15) is 62.1 Å². The molecule has 1 N–H and O–H groups in total. The molecular formula is C27H35ClN2O2S. The van der Waals surface area contributed by atoms with E-state index in [2.05, 4.69) is 11.4 Å². The Morgan fingerprint density at radius 3 is 2.52 bits per heavy atom. The van der Waals surface area contributed by atoms with Crippen LogP contribution >= 0.6 is 23.4 Å². The summed E-state index contributed by atoms with van der Waals surface area (Å²) in [6, 6.07) is 15.6. The molecule has 0 aromatic heterocycles. The minimum atomic E-state index is -0.466. The zero-order valence-corrected chi connectivity index (χ0v) is 21.3. The number of rotatable bonds is 10. The van der Waals surface area contributed by atoms with Crippen molar-refractivity contribution in [2.24, 2.45) is 0 Å². The van der Waals surface area contributed by atoms with E-state index in [-0.39, 0.29) is 17.9 Å². The number of amides is 2. The molecule has 0 bridgehead atoms. The van der Waals surface area contributed by atoms with Gasteiger partial charge in [0.25, 0.3) is 0 Å². The zero-order valence-electron chi connectivity index (χ0n) is 19.7. The lowest BCUT2D eigenvalue weighted by Crippen LogP contribution is -2.52. The van der Waals surface area contributed by atoms with E-state index in [1.54, 1.807) is 16.7 Å². The first-order chi connectivity index (χ1) is 16.0. The van der Waals surface area contributed by atoms with Crippen LogP contribution in [-0.4, -0.2) is 34.6 Å². The number of nitrogens with one attached hydrogen (secondary N) is 1. The zero-order chi connectivity index (χ0) is 23.6. The number of benzene rings is 2. The van der Waals surface area contributed by atoms with E-state index < -0.39 is 6.04 Å². The van der Waals surface area contributed by atoms with Crippen LogP contribution in [0.5, 0.6) is 0 Å². The molecule has 6 heteroatoms. The number of carbonyl (C=O) groups excluding carboxylic acids is 2. The van der Waals surface area contributed by atoms with Crippen molar-refractivity contribution in [2.45, 2.75) is 76.8 Å². The molecule has 0 heterocycles. The highest BCUT2D eigenvalue weighted by atomic mass is 35.5. The molecule has 2 aromatic carbocycles. The van der Waals surface area contributed by atoms with E-state index in [0.717, 1.165) is 42.4 Å². The molecule has 1 atom stereocenters. The van der Waals surface area contributed by atoms with Crippen LogP contribution in [0, 0.1) is 6.92 Å². The van der Waals surface area contributed by atoms with Gasteiger partial charge in [-0.25, -0.2) is 0 Å². The molecule has 2 aromatic rings. The fourth-order valence-corrected chi connectivity index (χ4v) is 5.51. The second kappa shape index (κ2) is 13.0. The Bertz CT molecular complexity index is 930. The predicted octanol–water partition coefficient (Wildman–Crippen LogP) is 6.14. The van der Waals surface area contributed by atoms with Crippen LogP contribution in [-0.2, 0) is 21.9 Å². The van der Waals surface area contributed by atoms with Gasteiger partial charge in [0.1, 0.15) is 6.04 Å². The maximum absolute atomic E-state index is 13.4. The van der Waals surface area contributed by atoms with Gasteiger partial charge in [0.2, 0.25) is 11.8 Å². The summed E-state index contributed by atoms with van der Waals surface area (Å²) in [5, 5.41) is 3.94. The van der Waals surface area contributed by atoms with Gasteiger partial charge in [-0.15, -0.1) is 11.8 Å². The Morgan fingerprint density at radius 1 is 1.09 bits per heavy atom. The maximum Gasteiger partial charge on any atom is 0.243 e. The summed E-state index contributed by atoms with van der Waals surface area (Å²) in [7, 11) is 0. The predicted molar refractivity (Wildman–Crippen MR) is 138 cm³/mol. The summed E-state index contributed by atoms with van der Waals surface area (Å²) < 4.78 is 0. The van der Waals surface area contributed by atoms with E-state index >= 15 is 0 Å². The molecule has 2 amide bonds. The number of aryl methyl sites for hydroxylation is 1. The second-order valence-electron chi connectivity index (χ2n) is 8.90. The van der Waals surface area contributed by atoms with Gasteiger partial charge < -0.3 is 10.2 Å². The lowest BCUT2D eigenvalue weighted by atomic mass is 9.95. The summed E-state index contributed by atoms with van der Waals surface area (Å²) in [4.78, 5) is 28.4. The molecule has 1 saturated carbocycles. The molecule has 1 aliphatic carbocycles. The summed E-state index contributed by atoms with van der Waals surface area (Å²) in [5.74, 6) is 1.00. The van der Waals surface area contributed by atoms with Gasteiger partial charge in [-0.3, -0.25) is 9.59 Å². The number of thioether (sulfide) groups is 1. The molecule has 0 spiro atoms. The fourth-order valence-electron chi connectivity index (χ4n) is 4.44. The molecule has 0 aliphatic heterocycles. The number of halogens is 1. The van der Waals surface area contributed by atoms with Crippen LogP contribution in [0.4, 0.5) is 0 Å². The van der Waals surface area contributed by atoms with Crippen molar-refractivity contribution in [1.29, 1.82) is 0 Å².